The van der Waals surface area contributed by atoms with E-state index in [0.29, 0.717) is 19.1 Å². The zero-order chi connectivity index (χ0) is 11.3. The van der Waals surface area contributed by atoms with Crippen LogP contribution in [0.25, 0.3) is 0 Å². The van der Waals surface area contributed by atoms with Gasteiger partial charge in [-0.1, -0.05) is 0 Å². The molecule has 3 N–H and O–H groups in total. The molecule has 1 saturated carbocycles. The van der Waals surface area contributed by atoms with E-state index in [1.807, 2.05) is 6.92 Å². The number of nitrogens with two attached hydrogens (primary N) is 1. The number of ether oxygens (including phenoxy) is 2. The fourth-order valence-corrected chi connectivity index (χ4v) is 1.93. The van der Waals surface area contributed by atoms with Crippen molar-refractivity contribution >= 4 is 0 Å². The first-order chi connectivity index (χ1) is 7.18. The molecule has 2 unspecified atom stereocenters. The first-order valence-corrected chi connectivity index (χ1v) is 5.65. The SMILES string of the molecule is COCC(CN)(NCC(C)OC)C1CC1. The Balaban J connectivity index is 2.47. The van der Waals surface area contributed by atoms with Crippen molar-refractivity contribution < 1.29 is 9.47 Å². The molecule has 0 spiro atoms. The Morgan fingerprint density at radius 3 is 2.53 bits per heavy atom. The van der Waals surface area contributed by atoms with Crippen LogP contribution in [0.3, 0.4) is 0 Å². The predicted molar refractivity (Wildman–Crippen MR) is 60.9 cm³/mol. The average Bonchev–Trinajstić information content (AvgIpc) is 3.08. The summed E-state index contributed by atoms with van der Waals surface area (Å²) in [5, 5.41) is 3.52. The van der Waals surface area contributed by atoms with E-state index >= 15 is 0 Å². The summed E-state index contributed by atoms with van der Waals surface area (Å²) >= 11 is 0. The molecule has 1 fully saturated rings. The Labute approximate surface area is 92.5 Å². The monoisotopic (exact) mass is 216 g/mol. The molecule has 0 radical (unpaired) electrons. The van der Waals surface area contributed by atoms with E-state index in [0.717, 1.165) is 6.54 Å². The number of hydrogen-bond donors (Lipinski definition) is 2. The third-order valence-electron chi connectivity index (χ3n) is 3.27. The average molecular weight is 216 g/mol. The molecule has 0 bridgehead atoms. The third kappa shape index (κ3) is 3.41. The molecule has 4 heteroatoms. The number of rotatable bonds is 8. The van der Waals surface area contributed by atoms with Crippen molar-refractivity contribution in [3.63, 3.8) is 0 Å². The van der Waals surface area contributed by atoms with Gasteiger partial charge in [0.15, 0.2) is 0 Å². The van der Waals surface area contributed by atoms with Crippen LogP contribution in [0.2, 0.25) is 0 Å². The van der Waals surface area contributed by atoms with Gasteiger partial charge < -0.3 is 20.5 Å². The second-order valence-electron chi connectivity index (χ2n) is 4.49. The van der Waals surface area contributed by atoms with Gasteiger partial charge in [0.25, 0.3) is 0 Å². The fourth-order valence-electron chi connectivity index (χ4n) is 1.93. The Kier molecular flexibility index (Phi) is 4.99. The van der Waals surface area contributed by atoms with Crippen LogP contribution in [0.1, 0.15) is 19.8 Å². The highest BCUT2D eigenvalue weighted by atomic mass is 16.5. The molecule has 1 aliphatic carbocycles. The maximum absolute atomic E-state index is 5.88. The van der Waals surface area contributed by atoms with Crippen molar-refractivity contribution in [3.8, 4) is 0 Å². The molecule has 0 aromatic carbocycles. The molecule has 90 valence electrons. The number of nitrogens with one attached hydrogen (secondary N) is 1. The van der Waals surface area contributed by atoms with Crippen LogP contribution in [-0.4, -0.2) is 45.6 Å². The topological polar surface area (TPSA) is 56.5 Å². The van der Waals surface area contributed by atoms with E-state index in [4.69, 9.17) is 15.2 Å². The quantitative estimate of drug-likeness (QED) is 0.615. The summed E-state index contributed by atoms with van der Waals surface area (Å²) < 4.78 is 10.5. The first kappa shape index (κ1) is 12.9. The lowest BCUT2D eigenvalue weighted by Gasteiger charge is -2.34. The Bertz CT molecular complexity index is 185. The number of hydrogen-bond acceptors (Lipinski definition) is 4. The smallest absolute Gasteiger partial charge is 0.0667 e. The van der Waals surface area contributed by atoms with Gasteiger partial charge in [-0.05, 0) is 25.7 Å². The molecule has 0 aromatic rings. The lowest BCUT2D eigenvalue weighted by molar-refractivity contribution is 0.0699. The van der Waals surface area contributed by atoms with Crippen molar-refractivity contribution in [2.75, 3.05) is 33.9 Å². The van der Waals surface area contributed by atoms with Gasteiger partial charge in [-0.2, -0.15) is 0 Å². The summed E-state index contributed by atoms with van der Waals surface area (Å²) in [6.45, 7) is 4.19. The van der Waals surface area contributed by atoms with Crippen molar-refractivity contribution in [2.45, 2.75) is 31.4 Å². The zero-order valence-corrected chi connectivity index (χ0v) is 10.1. The highest BCUT2D eigenvalue weighted by molar-refractivity contribution is 5.02. The largest absolute Gasteiger partial charge is 0.383 e. The van der Waals surface area contributed by atoms with Crippen LogP contribution in [-0.2, 0) is 9.47 Å². The zero-order valence-electron chi connectivity index (χ0n) is 10.1. The molecule has 0 amide bonds. The van der Waals surface area contributed by atoms with Crippen LogP contribution >= 0.6 is 0 Å². The Morgan fingerprint density at radius 2 is 2.13 bits per heavy atom. The maximum Gasteiger partial charge on any atom is 0.0667 e. The molecule has 0 saturated heterocycles. The Morgan fingerprint density at radius 1 is 1.47 bits per heavy atom. The minimum Gasteiger partial charge on any atom is -0.383 e. The van der Waals surface area contributed by atoms with Gasteiger partial charge in [0.1, 0.15) is 0 Å². The summed E-state index contributed by atoms with van der Waals surface area (Å²) in [6, 6.07) is 0. The van der Waals surface area contributed by atoms with Crippen LogP contribution in [0, 0.1) is 5.92 Å². The van der Waals surface area contributed by atoms with E-state index < -0.39 is 0 Å². The second-order valence-corrected chi connectivity index (χ2v) is 4.49. The van der Waals surface area contributed by atoms with Gasteiger partial charge in [-0.25, -0.2) is 0 Å². The van der Waals surface area contributed by atoms with E-state index in [-0.39, 0.29) is 11.6 Å². The van der Waals surface area contributed by atoms with Crippen LogP contribution in [0.15, 0.2) is 0 Å². The highest BCUT2D eigenvalue weighted by Gasteiger charge is 2.44. The molecular formula is C11H24N2O2. The molecule has 0 aliphatic heterocycles. The van der Waals surface area contributed by atoms with Crippen LogP contribution in [0.5, 0.6) is 0 Å². The molecule has 1 aliphatic rings. The normalized spacial score (nSPS) is 22.4. The standard InChI is InChI=1S/C11H24N2O2/c1-9(15-3)6-13-11(7-12,8-14-2)10-4-5-10/h9-10,13H,4-8,12H2,1-3H3. The van der Waals surface area contributed by atoms with Crippen molar-refractivity contribution in [1.29, 1.82) is 0 Å². The lowest BCUT2D eigenvalue weighted by Crippen LogP contribution is -2.58. The summed E-state index contributed by atoms with van der Waals surface area (Å²) in [6.07, 6.45) is 2.73. The summed E-state index contributed by atoms with van der Waals surface area (Å²) in [4.78, 5) is 0. The summed E-state index contributed by atoms with van der Waals surface area (Å²) in [5.41, 5.74) is 5.84. The molecule has 4 nitrogen and oxygen atoms in total. The van der Waals surface area contributed by atoms with Crippen molar-refractivity contribution in [1.82, 2.24) is 5.32 Å². The lowest BCUT2D eigenvalue weighted by atomic mass is 9.94. The third-order valence-corrected chi connectivity index (χ3v) is 3.27. The van der Waals surface area contributed by atoms with Crippen LogP contribution in [0.4, 0.5) is 0 Å². The van der Waals surface area contributed by atoms with E-state index in [1.165, 1.54) is 12.8 Å². The molecule has 0 heterocycles. The molecular weight excluding hydrogens is 192 g/mol. The minimum atomic E-state index is -0.0401. The predicted octanol–water partition coefficient (Wildman–Crippen LogP) is 0.365. The van der Waals surface area contributed by atoms with Gasteiger partial charge in [-0.15, -0.1) is 0 Å². The van der Waals surface area contributed by atoms with Gasteiger partial charge in [0.05, 0.1) is 18.2 Å². The molecule has 2 atom stereocenters. The second kappa shape index (κ2) is 5.80. The van der Waals surface area contributed by atoms with Gasteiger partial charge in [0.2, 0.25) is 0 Å². The summed E-state index contributed by atoms with van der Waals surface area (Å²) in [5.74, 6) is 0.673. The molecule has 15 heavy (non-hydrogen) atoms. The Hall–Kier alpha value is -0.160. The first-order valence-electron chi connectivity index (χ1n) is 5.65. The minimum absolute atomic E-state index is 0.0401. The van der Waals surface area contributed by atoms with Crippen molar-refractivity contribution in [2.24, 2.45) is 11.7 Å². The summed E-state index contributed by atoms with van der Waals surface area (Å²) in [7, 11) is 3.46. The van der Waals surface area contributed by atoms with Gasteiger partial charge >= 0.3 is 0 Å². The van der Waals surface area contributed by atoms with Crippen LogP contribution < -0.4 is 11.1 Å². The van der Waals surface area contributed by atoms with E-state index in [1.54, 1.807) is 14.2 Å². The molecule has 1 rings (SSSR count). The number of methoxy groups -OCH3 is 2. The van der Waals surface area contributed by atoms with E-state index in [9.17, 15) is 0 Å². The highest BCUT2D eigenvalue weighted by Crippen LogP contribution is 2.39. The van der Waals surface area contributed by atoms with Crippen molar-refractivity contribution in [3.05, 3.63) is 0 Å². The maximum atomic E-state index is 5.88. The van der Waals surface area contributed by atoms with E-state index in [2.05, 4.69) is 5.32 Å². The van der Waals surface area contributed by atoms with Gasteiger partial charge in [0, 0.05) is 27.3 Å². The molecule has 0 aromatic heterocycles. The fraction of sp³-hybridized carbons (Fsp3) is 1.00. The van der Waals surface area contributed by atoms with Gasteiger partial charge in [-0.3, -0.25) is 0 Å².